The monoisotopic (exact) mass is 424 g/mol. The summed E-state index contributed by atoms with van der Waals surface area (Å²) in [6.45, 7) is 0.287. The summed E-state index contributed by atoms with van der Waals surface area (Å²) in [7, 11) is 0. The molecule has 0 aromatic heterocycles. The Morgan fingerprint density at radius 3 is 2.35 bits per heavy atom. The molecule has 0 unspecified atom stereocenters. The number of benzene rings is 1. The van der Waals surface area contributed by atoms with Gasteiger partial charge in [0.25, 0.3) is 0 Å². The molecule has 0 aliphatic heterocycles. The van der Waals surface area contributed by atoms with Crippen LogP contribution in [-0.4, -0.2) is 18.5 Å². The zero-order valence-electron chi connectivity index (χ0n) is 8.90. The maximum Gasteiger partial charge on any atom is 0.239 e. The topological polar surface area (TPSA) is 41.1 Å². The van der Waals surface area contributed by atoms with Gasteiger partial charge in [-0.2, -0.15) is 0 Å². The molecule has 0 atom stereocenters. The van der Waals surface area contributed by atoms with E-state index in [2.05, 4.69) is 58.4 Å². The molecule has 17 heavy (non-hydrogen) atoms. The van der Waals surface area contributed by atoms with E-state index in [1.54, 1.807) is 0 Å². The number of nitrogens with one attached hydrogen (secondary N) is 2. The van der Waals surface area contributed by atoms with Crippen LogP contribution in [-0.2, 0) is 4.79 Å². The van der Waals surface area contributed by atoms with Gasteiger partial charge >= 0.3 is 0 Å². The summed E-state index contributed by atoms with van der Waals surface area (Å²) in [4.78, 5) is 11.5. The minimum atomic E-state index is 0.0363. The first-order valence-electron chi connectivity index (χ1n) is 5.24. The number of amides is 1. The third kappa shape index (κ3) is 3.96. The van der Waals surface area contributed by atoms with E-state index in [0.29, 0.717) is 6.04 Å². The highest BCUT2D eigenvalue weighted by atomic mass is 79.9. The maximum atomic E-state index is 11.5. The molecule has 1 amide bonds. The second kappa shape index (κ2) is 5.71. The number of rotatable bonds is 4. The van der Waals surface area contributed by atoms with Crippen LogP contribution in [0, 0.1) is 0 Å². The predicted molar refractivity (Wildman–Crippen MR) is 79.2 cm³/mol. The van der Waals surface area contributed by atoms with Gasteiger partial charge < -0.3 is 10.6 Å². The van der Waals surface area contributed by atoms with Gasteiger partial charge in [0.05, 0.1) is 12.2 Å². The fourth-order valence-electron chi connectivity index (χ4n) is 1.39. The summed E-state index contributed by atoms with van der Waals surface area (Å²) >= 11 is 10.3. The average Bonchev–Trinajstić information content (AvgIpc) is 2.99. The molecule has 2 rings (SSSR count). The number of carbonyl (C=O) groups excluding carboxylic acids is 1. The standard InChI is InChI=1S/C11H11Br3N2O/c12-6-3-8(13)11(9(14)4-6)15-5-10(17)16-7-1-2-7/h3-4,7,15H,1-2,5H2,(H,16,17). The van der Waals surface area contributed by atoms with E-state index in [4.69, 9.17) is 0 Å². The molecule has 0 saturated heterocycles. The van der Waals surface area contributed by atoms with Crippen LogP contribution in [0.1, 0.15) is 12.8 Å². The van der Waals surface area contributed by atoms with Gasteiger partial charge in [-0.3, -0.25) is 4.79 Å². The molecule has 0 radical (unpaired) electrons. The molecule has 1 aromatic carbocycles. The third-order valence-corrected chi connectivity index (χ3v) is 4.08. The highest BCUT2D eigenvalue weighted by Crippen LogP contribution is 2.34. The van der Waals surface area contributed by atoms with Crippen LogP contribution in [0.25, 0.3) is 0 Å². The highest BCUT2D eigenvalue weighted by molar-refractivity contribution is 9.11. The molecule has 1 fully saturated rings. The molecule has 1 aliphatic rings. The van der Waals surface area contributed by atoms with E-state index in [0.717, 1.165) is 31.9 Å². The summed E-state index contributed by atoms with van der Waals surface area (Å²) in [5, 5.41) is 6.05. The first kappa shape index (κ1) is 13.4. The molecule has 2 N–H and O–H groups in total. The average molecular weight is 427 g/mol. The lowest BCUT2D eigenvalue weighted by Crippen LogP contribution is -2.31. The van der Waals surface area contributed by atoms with Crippen molar-refractivity contribution in [2.45, 2.75) is 18.9 Å². The van der Waals surface area contributed by atoms with E-state index in [9.17, 15) is 4.79 Å². The molecular weight excluding hydrogens is 416 g/mol. The van der Waals surface area contributed by atoms with Gasteiger partial charge in [-0.1, -0.05) is 15.9 Å². The van der Waals surface area contributed by atoms with Gasteiger partial charge in [-0.05, 0) is 56.8 Å². The third-order valence-electron chi connectivity index (χ3n) is 2.38. The minimum Gasteiger partial charge on any atom is -0.374 e. The lowest BCUT2D eigenvalue weighted by atomic mass is 10.3. The van der Waals surface area contributed by atoms with Crippen LogP contribution < -0.4 is 10.6 Å². The Labute approximate surface area is 125 Å². The molecule has 0 bridgehead atoms. The van der Waals surface area contributed by atoms with Crippen molar-refractivity contribution in [3.05, 3.63) is 25.6 Å². The molecule has 0 heterocycles. The molecule has 92 valence electrons. The van der Waals surface area contributed by atoms with Crippen LogP contribution in [0.2, 0.25) is 0 Å². The zero-order chi connectivity index (χ0) is 12.4. The largest absolute Gasteiger partial charge is 0.374 e. The van der Waals surface area contributed by atoms with Gasteiger partial charge in [-0.15, -0.1) is 0 Å². The smallest absolute Gasteiger partial charge is 0.239 e. The lowest BCUT2D eigenvalue weighted by molar-refractivity contribution is -0.119. The van der Waals surface area contributed by atoms with Crippen molar-refractivity contribution < 1.29 is 4.79 Å². The van der Waals surface area contributed by atoms with E-state index in [1.165, 1.54) is 0 Å². The zero-order valence-corrected chi connectivity index (χ0v) is 13.7. The van der Waals surface area contributed by atoms with Crippen LogP contribution in [0.4, 0.5) is 5.69 Å². The number of hydrogen-bond acceptors (Lipinski definition) is 2. The van der Waals surface area contributed by atoms with Gasteiger partial charge in [0, 0.05) is 19.5 Å². The summed E-state index contributed by atoms with van der Waals surface area (Å²) in [6.07, 6.45) is 2.22. The van der Waals surface area contributed by atoms with Crippen molar-refractivity contribution in [1.82, 2.24) is 5.32 Å². The van der Waals surface area contributed by atoms with Crippen molar-refractivity contribution in [3.63, 3.8) is 0 Å². The van der Waals surface area contributed by atoms with E-state index < -0.39 is 0 Å². The van der Waals surface area contributed by atoms with E-state index in [1.807, 2.05) is 12.1 Å². The Bertz CT molecular complexity index is 423. The SMILES string of the molecule is O=C(CNc1c(Br)cc(Br)cc1Br)NC1CC1. The van der Waals surface area contributed by atoms with Crippen molar-refractivity contribution in [2.24, 2.45) is 0 Å². The predicted octanol–water partition coefficient (Wildman–Crippen LogP) is 3.66. The number of hydrogen-bond donors (Lipinski definition) is 2. The summed E-state index contributed by atoms with van der Waals surface area (Å²) < 4.78 is 2.81. The van der Waals surface area contributed by atoms with Crippen LogP contribution in [0.15, 0.2) is 25.6 Å². The molecule has 0 spiro atoms. The first-order valence-corrected chi connectivity index (χ1v) is 7.62. The Morgan fingerprint density at radius 1 is 1.24 bits per heavy atom. The molecule has 1 saturated carbocycles. The van der Waals surface area contributed by atoms with Crippen molar-refractivity contribution in [1.29, 1.82) is 0 Å². The van der Waals surface area contributed by atoms with Crippen molar-refractivity contribution in [2.75, 3.05) is 11.9 Å². The Kier molecular flexibility index (Phi) is 4.49. The minimum absolute atomic E-state index is 0.0363. The fourth-order valence-corrected chi connectivity index (χ4v) is 3.93. The normalized spacial score (nSPS) is 14.5. The van der Waals surface area contributed by atoms with Gasteiger partial charge in [-0.25, -0.2) is 0 Å². The summed E-state index contributed by atoms with van der Waals surface area (Å²) in [6, 6.07) is 4.28. The molecule has 6 heteroatoms. The lowest BCUT2D eigenvalue weighted by Gasteiger charge is -2.11. The van der Waals surface area contributed by atoms with Gasteiger partial charge in [0.1, 0.15) is 0 Å². The Hall–Kier alpha value is -0.0700. The van der Waals surface area contributed by atoms with Crippen molar-refractivity contribution >= 4 is 59.4 Å². The van der Waals surface area contributed by atoms with Gasteiger partial charge in [0.15, 0.2) is 0 Å². The van der Waals surface area contributed by atoms with Crippen LogP contribution in [0.5, 0.6) is 0 Å². The molecule has 1 aromatic rings. The van der Waals surface area contributed by atoms with E-state index in [-0.39, 0.29) is 12.5 Å². The number of halogens is 3. The fraction of sp³-hybridized carbons (Fsp3) is 0.364. The quantitative estimate of drug-likeness (QED) is 0.771. The highest BCUT2D eigenvalue weighted by Gasteiger charge is 2.23. The van der Waals surface area contributed by atoms with E-state index >= 15 is 0 Å². The van der Waals surface area contributed by atoms with Crippen LogP contribution in [0.3, 0.4) is 0 Å². The summed E-state index contributed by atoms with van der Waals surface area (Å²) in [5.41, 5.74) is 0.888. The second-order valence-corrected chi connectivity index (χ2v) is 6.56. The Morgan fingerprint density at radius 2 is 1.82 bits per heavy atom. The summed E-state index contributed by atoms with van der Waals surface area (Å²) in [5.74, 6) is 0.0363. The van der Waals surface area contributed by atoms with Crippen LogP contribution >= 0.6 is 47.8 Å². The second-order valence-electron chi connectivity index (χ2n) is 3.94. The number of anilines is 1. The van der Waals surface area contributed by atoms with Gasteiger partial charge in [0.2, 0.25) is 5.91 Å². The maximum absolute atomic E-state index is 11.5. The molecular formula is C11H11Br3N2O. The molecule has 1 aliphatic carbocycles. The molecule has 3 nitrogen and oxygen atoms in total. The first-order chi connectivity index (χ1) is 8.06. The van der Waals surface area contributed by atoms with Crippen molar-refractivity contribution in [3.8, 4) is 0 Å². The number of carbonyl (C=O) groups is 1. The Balaban J connectivity index is 1.95.